The summed E-state index contributed by atoms with van der Waals surface area (Å²) in [5.41, 5.74) is 1.81. The van der Waals surface area contributed by atoms with Crippen LogP contribution < -0.4 is 10.2 Å². The SMILES string of the molecule is Cc1ccc2c(=O)c3ccc(Cl)c(OCC4CC4)c3n(CC(=O)O)c2c1. The maximum Gasteiger partial charge on any atom is 0.323 e. The van der Waals surface area contributed by atoms with Gasteiger partial charge in [-0.25, -0.2) is 0 Å². The van der Waals surface area contributed by atoms with E-state index in [1.54, 1.807) is 22.8 Å². The lowest BCUT2D eigenvalue weighted by atomic mass is 10.1. The number of carboxylic acid groups (broad SMARTS) is 1. The van der Waals surface area contributed by atoms with Crippen LogP contribution in [0.15, 0.2) is 35.1 Å². The molecule has 1 saturated carbocycles. The predicted octanol–water partition coefficient (Wildman–Crippen LogP) is 3.99. The van der Waals surface area contributed by atoms with Crippen molar-refractivity contribution in [2.45, 2.75) is 26.3 Å². The number of ether oxygens (including phenoxy) is 1. The van der Waals surface area contributed by atoms with E-state index in [0.29, 0.717) is 45.1 Å². The molecule has 4 rings (SSSR count). The molecule has 0 radical (unpaired) electrons. The van der Waals surface area contributed by atoms with Crippen LogP contribution in [0.25, 0.3) is 21.8 Å². The minimum atomic E-state index is -0.995. The molecule has 0 spiro atoms. The number of benzene rings is 2. The molecule has 0 unspecified atom stereocenters. The van der Waals surface area contributed by atoms with Crippen LogP contribution in [0.1, 0.15) is 18.4 Å². The van der Waals surface area contributed by atoms with Gasteiger partial charge < -0.3 is 14.4 Å². The summed E-state index contributed by atoms with van der Waals surface area (Å²) in [6.45, 7) is 2.14. The highest BCUT2D eigenvalue weighted by molar-refractivity contribution is 6.33. The summed E-state index contributed by atoms with van der Waals surface area (Å²) in [5.74, 6) is -0.104. The van der Waals surface area contributed by atoms with E-state index in [9.17, 15) is 14.7 Å². The van der Waals surface area contributed by atoms with E-state index in [2.05, 4.69) is 0 Å². The van der Waals surface area contributed by atoms with Gasteiger partial charge in [-0.1, -0.05) is 17.7 Å². The molecule has 26 heavy (non-hydrogen) atoms. The lowest BCUT2D eigenvalue weighted by molar-refractivity contribution is -0.137. The Labute approximate surface area is 154 Å². The Morgan fingerprint density at radius 3 is 2.69 bits per heavy atom. The van der Waals surface area contributed by atoms with E-state index >= 15 is 0 Å². The maximum atomic E-state index is 13.0. The summed E-state index contributed by atoms with van der Waals surface area (Å²) in [7, 11) is 0. The van der Waals surface area contributed by atoms with Crippen LogP contribution in [0, 0.1) is 12.8 Å². The summed E-state index contributed by atoms with van der Waals surface area (Å²) in [6, 6.07) is 8.69. The monoisotopic (exact) mass is 371 g/mol. The molecule has 1 heterocycles. The summed E-state index contributed by atoms with van der Waals surface area (Å²) in [4.78, 5) is 24.5. The molecule has 1 N–H and O–H groups in total. The fourth-order valence-corrected chi connectivity index (χ4v) is 3.45. The molecule has 1 aliphatic carbocycles. The van der Waals surface area contributed by atoms with Crippen molar-refractivity contribution in [2.24, 2.45) is 5.92 Å². The number of carbonyl (C=O) groups is 1. The Kier molecular flexibility index (Phi) is 4.11. The van der Waals surface area contributed by atoms with Gasteiger partial charge in [0.25, 0.3) is 0 Å². The van der Waals surface area contributed by atoms with Crippen LogP contribution in [-0.2, 0) is 11.3 Å². The van der Waals surface area contributed by atoms with E-state index in [-0.39, 0.29) is 12.0 Å². The predicted molar refractivity (Wildman–Crippen MR) is 101 cm³/mol. The van der Waals surface area contributed by atoms with Crippen molar-refractivity contribution in [3.05, 3.63) is 51.1 Å². The van der Waals surface area contributed by atoms with E-state index in [1.165, 1.54) is 0 Å². The van der Waals surface area contributed by atoms with Crippen molar-refractivity contribution in [2.75, 3.05) is 6.61 Å². The Hall–Kier alpha value is -2.53. The fraction of sp³-hybridized carbons (Fsp3) is 0.300. The van der Waals surface area contributed by atoms with Gasteiger partial charge in [0, 0.05) is 5.39 Å². The van der Waals surface area contributed by atoms with E-state index in [1.807, 2.05) is 19.1 Å². The number of halogens is 1. The number of aromatic nitrogens is 1. The van der Waals surface area contributed by atoms with Crippen LogP contribution >= 0.6 is 11.6 Å². The molecule has 0 amide bonds. The largest absolute Gasteiger partial charge is 0.490 e. The number of hydrogen-bond donors (Lipinski definition) is 1. The van der Waals surface area contributed by atoms with Gasteiger partial charge in [0.05, 0.1) is 28.0 Å². The van der Waals surface area contributed by atoms with Gasteiger partial charge in [-0.15, -0.1) is 0 Å². The number of aliphatic carboxylic acids is 1. The number of rotatable bonds is 5. The highest BCUT2D eigenvalue weighted by Crippen LogP contribution is 2.37. The van der Waals surface area contributed by atoms with Crippen LogP contribution in [0.4, 0.5) is 0 Å². The van der Waals surface area contributed by atoms with Gasteiger partial charge in [0.15, 0.2) is 11.2 Å². The quantitative estimate of drug-likeness (QED) is 0.688. The van der Waals surface area contributed by atoms with Gasteiger partial charge in [-0.2, -0.15) is 0 Å². The highest BCUT2D eigenvalue weighted by atomic mass is 35.5. The van der Waals surface area contributed by atoms with Crippen LogP contribution in [-0.4, -0.2) is 22.2 Å². The molecule has 0 bridgehead atoms. The molecule has 134 valence electrons. The first kappa shape index (κ1) is 16.9. The number of aryl methyl sites for hydroxylation is 1. The van der Waals surface area contributed by atoms with Crippen LogP contribution in [0.5, 0.6) is 5.75 Å². The molecule has 2 aromatic carbocycles. The molecular weight excluding hydrogens is 354 g/mol. The van der Waals surface area contributed by atoms with Crippen molar-refractivity contribution in [3.8, 4) is 5.75 Å². The molecule has 0 saturated heterocycles. The summed E-state index contributed by atoms with van der Waals surface area (Å²) in [6.07, 6.45) is 2.24. The third kappa shape index (κ3) is 2.92. The lowest BCUT2D eigenvalue weighted by Gasteiger charge is -2.18. The highest BCUT2D eigenvalue weighted by Gasteiger charge is 2.24. The summed E-state index contributed by atoms with van der Waals surface area (Å²) < 4.78 is 7.57. The van der Waals surface area contributed by atoms with E-state index < -0.39 is 5.97 Å². The van der Waals surface area contributed by atoms with Gasteiger partial charge in [-0.3, -0.25) is 9.59 Å². The van der Waals surface area contributed by atoms with E-state index in [4.69, 9.17) is 16.3 Å². The first-order valence-corrected chi connectivity index (χ1v) is 8.93. The second-order valence-electron chi connectivity index (χ2n) is 6.86. The zero-order chi connectivity index (χ0) is 18.4. The molecule has 1 aliphatic rings. The van der Waals surface area contributed by atoms with Crippen molar-refractivity contribution < 1.29 is 14.6 Å². The average Bonchev–Trinajstić information content (AvgIpc) is 3.41. The van der Waals surface area contributed by atoms with Crippen molar-refractivity contribution in [1.29, 1.82) is 0 Å². The average molecular weight is 372 g/mol. The van der Waals surface area contributed by atoms with Gasteiger partial charge in [0.2, 0.25) is 0 Å². The molecule has 1 fully saturated rings. The Morgan fingerprint density at radius 1 is 1.27 bits per heavy atom. The van der Waals surface area contributed by atoms with Crippen molar-refractivity contribution in [3.63, 3.8) is 0 Å². The Balaban J connectivity index is 2.09. The van der Waals surface area contributed by atoms with Gasteiger partial charge in [-0.05, 0) is 55.5 Å². The molecule has 5 nitrogen and oxygen atoms in total. The second kappa shape index (κ2) is 6.32. The molecule has 0 atom stereocenters. The van der Waals surface area contributed by atoms with Crippen molar-refractivity contribution >= 4 is 39.4 Å². The topological polar surface area (TPSA) is 68.5 Å². The third-order valence-corrected chi connectivity index (χ3v) is 5.04. The fourth-order valence-electron chi connectivity index (χ4n) is 3.24. The van der Waals surface area contributed by atoms with Gasteiger partial charge in [0.1, 0.15) is 6.54 Å². The first-order chi connectivity index (χ1) is 12.5. The minimum absolute atomic E-state index is 0.149. The van der Waals surface area contributed by atoms with Crippen LogP contribution in [0.3, 0.4) is 0 Å². The van der Waals surface area contributed by atoms with E-state index in [0.717, 1.165) is 18.4 Å². The number of fused-ring (bicyclic) bond motifs is 2. The number of nitrogens with zero attached hydrogens (tertiary/aromatic N) is 1. The van der Waals surface area contributed by atoms with Crippen molar-refractivity contribution in [1.82, 2.24) is 4.57 Å². The number of pyridine rings is 1. The molecule has 1 aromatic heterocycles. The molecule has 6 heteroatoms. The first-order valence-electron chi connectivity index (χ1n) is 8.55. The molecule has 3 aromatic rings. The zero-order valence-corrected chi connectivity index (χ0v) is 15.0. The normalized spacial score (nSPS) is 14.1. The maximum absolute atomic E-state index is 13.0. The zero-order valence-electron chi connectivity index (χ0n) is 14.3. The Morgan fingerprint density at radius 2 is 2.00 bits per heavy atom. The number of carboxylic acids is 1. The molecule has 0 aliphatic heterocycles. The van der Waals surface area contributed by atoms with Gasteiger partial charge >= 0.3 is 5.97 Å². The third-order valence-electron chi connectivity index (χ3n) is 4.74. The standard InChI is InChI=1S/C20H18ClNO4/c1-11-2-5-13-16(8-11)22(9-17(23)24)18-14(19(13)25)6-7-15(21)20(18)26-10-12-3-4-12/h2,5-8,12H,3-4,9-10H2,1H3,(H,23,24). The minimum Gasteiger partial charge on any atom is -0.490 e. The smallest absolute Gasteiger partial charge is 0.323 e. The number of hydrogen-bond acceptors (Lipinski definition) is 3. The lowest BCUT2D eigenvalue weighted by Crippen LogP contribution is -2.17. The van der Waals surface area contributed by atoms with Crippen LogP contribution in [0.2, 0.25) is 5.02 Å². The molecular formula is C20H18ClNO4. The Bertz CT molecular complexity index is 1100. The summed E-state index contributed by atoms with van der Waals surface area (Å²) in [5, 5.41) is 10.7. The second-order valence-corrected chi connectivity index (χ2v) is 7.26. The summed E-state index contributed by atoms with van der Waals surface area (Å²) >= 11 is 6.36.